The molecule has 0 aliphatic carbocycles. The van der Waals surface area contributed by atoms with E-state index in [1.165, 1.54) is 7.11 Å². The minimum Gasteiger partial charge on any atom is -0.469 e. The Bertz CT molecular complexity index is 216. The molecule has 2 unspecified atom stereocenters. The van der Waals surface area contributed by atoms with E-state index in [1.54, 1.807) is 6.92 Å². The summed E-state index contributed by atoms with van der Waals surface area (Å²) in [5.41, 5.74) is 0. The van der Waals surface area contributed by atoms with E-state index in [2.05, 4.69) is 10.1 Å². The van der Waals surface area contributed by atoms with Gasteiger partial charge in [-0.2, -0.15) is 0 Å². The predicted octanol–water partition coefficient (Wildman–Crippen LogP) is 1.49. The Morgan fingerprint density at radius 2 is 1.93 bits per heavy atom. The Balaban J connectivity index is 3.90. The highest BCUT2D eigenvalue weighted by molar-refractivity contribution is 5.79. The van der Waals surface area contributed by atoms with Gasteiger partial charge in [0.05, 0.1) is 13.5 Å². The van der Waals surface area contributed by atoms with E-state index in [-0.39, 0.29) is 30.3 Å². The summed E-state index contributed by atoms with van der Waals surface area (Å²) in [6, 6.07) is -0.163. The Labute approximate surface area is 91.4 Å². The van der Waals surface area contributed by atoms with Crippen LogP contribution in [0.3, 0.4) is 0 Å². The van der Waals surface area contributed by atoms with Crippen LogP contribution in [0.2, 0.25) is 0 Å². The van der Waals surface area contributed by atoms with Gasteiger partial charge >= 0.3 is 5.97 Å². The molecule has 4 heteroatoms. The molecule has 15 heavy (non-hydrogen) atoms. The van der Waals surface area contributed by atoms with Gasteiger partial charge in [-0.3, -0.25) is 9.59 Å². The summed E-state index contributed by atoms with van der Waals surface area (Å²) in [6.07, 6.45) is 2.08. The molecule has 0 fully saturated rings. The number of carbonyl (C=O) groups excluding carboxylic acids is 2. The first-order valence-electron chi connectivity index (χ1n) is 5.38. The third kappa shape index (κ3) is 6.10. The zero-order valence-corrected chi connectivity index (χ0v) is 10.0. The molecule has 1 N–H and O–H groups in total. The van der Waals surface area contributed by atoms with E-state index in [4.69, 9.17) is 0 Å². The van der Waals surface area contributed by atoms with Crippen molar-refractivity contribution < 1.29 is 14.3 Å². The summed E-state index contributed by atoms with van der Waals surface area (Å²) in [5.74, 6) is -0.283. The fraction of sp³-hybridized carbons (Fsp3) is 0.818. The third-order valence-electron chi connectivity index (χ3n) is 2.26. The summed E-state index contributed by atoms with van der Waals surface area (Å²) in [7, 11) is 1.34. The van der Waals surface area contributed by atoms with E-state index in [0.717, 1.165) is 12.8 Å². The second-order valence-corrected chi connectivity index (χ2v) is 3.88. The predicted molar refractivity (Wildman–Crippen MR) is 58.3 cm³/mol. The molecule has 4 nitrogen and oxygen atoms in total. The van der Waals surface area contributed by atoms with Crippen LogP contribution in [-0.4, -0.2) is 25.0 Å². The van der Waals surface area contributed by atoms with Crippen molar-refractivity contribution in [3.63, 3.8) is 0 Å². The lowest BCUT2D eigenvalue weighted by Crippen LogP contribution is -2.37. The van der Waals surface area contributed by atoms with Crippen molar-refractivity contribution in [3.8, 4) is 0 Å². The van der Waals surface area contributed by atoms with E-state index in [1.807, 2.05) is 13.8 Å². The number of esters is 1. The number of hydrogen-bond donors (Lipinski definition) is 1. The highest BCUT2D eigenvalue weighted by Crippen LogP contribution is 2.05. The van der Waals surface area contributed by atoms with Gasteiger partial charge in [-0.25, -0.2) is 0 Å². The third-order valence-corrected chi connectivity index (χ3v) is 2.26. The van der Waals surface area contributed by atoms with Crippen LogP contribution in [-0.2, 0) is 14.3 Å². The number of nitrogens with one attached hydrogen (secondary N) is 1. The Hall–Kier alpha value is -1.06. The lowest BCUT2D eigenvalue weighted by atomic mass is 10.0. The maximum absolute atomic E-state index is 11.5. The first-order valence-corrected chi connectivity index (χ1v) is 5.38. The maximum Gasteiger partial charge on any atom is 0.307 e. The van der Waals surface area contributed by atoms with Crippen LogP contribution < -0.4 is 5.32 Å². The fourth-order valence-electron chi connectivity index (χ4n) is 1.33. The molecule has 0 bridgehead atoms. The van der Waals surface area contributed by atoms with Crippen LogP contribution in [0.5, 0.6) is 0 Å². The zero-order valence-electron chi connectivity index (χ0n) is 10.0. The van der Waals surface area contributed by atoms with Gasteiger partial charge in [0.1, 0.15) is 0 Å². The van der Waals surface area contributed by atoms with Crippen molar-refractivity contribution >= 4 is 11.9 Å². The molecule has 0 saturated carbocycles. The Kier molecular flexibility index (Phi) is 6.75. The van der Waals surface area contributed by atoms with Crippen LogP contribution in [0.15, 0.2) is 0 Å². The Morgan fingerprint density at radius 1 is 1.33 bits per heavy atom. The van der Waals surface area contributed by atoms with Crippen LogP contribution in [0.4, 0.5) is 0 Å². The fourth-order valence-corrected chi connectivity index (χ4v) is 1.33. The molecular weight excluding hydrogens is 194 g/mol. The number of hydrogen-bond acceptors (Lipinski definition) is 3. The molecule has 88 valence electrons. The molecule has 0 aromatic carbocycles. The maximum atomic E-state index is 11.5. The molecule has 0 aliphatic rings. The van der Waals surface area contributed by atoms with Gasteiger partial charge in [0.2, 0.25) is 5.91 Å². The first kappa shape index (κ1) is 13.9. The van der Waals surface area contributed by atoms with Crippen molar-refractivity contribution in [1.82, 2.24) is 5.32 Å². The number of amides is 1. The van der Waals surface area contributed by atoms with Gasteiger partial charge in [-0.05, 0) is 13.3 Å². The van der Waals surface area contributed by atoms with Crippen LogP contribution in [0, 0.1) is 5.92 Å². The number of methoxy groups -OCH3 is 1. The minimum atomic E-state index is -0.300. The van der Waals surface area contributed by atoms with Gasteiger partial charge in [0.15, 0.2) is 0 Å². The van der Waals surface area contributed by atoms with Crippen molar-refractivity contribution in [1.29, 1.82) is 0 Å². The van der Waals surface area contributed by atoms with Gasteiger partial charge in [0.25, 0.3) is 0 Å². The van der Waals surface area contributed by atoms with Gasteiger partial charge in [-0.15, -0.1) is 0 Å². The lowest BCUT2D eigenvalue weighted by Gasteiger charge is -2.16. The smallest absolute Gasteiger partial charge is 0.307 e. The molecule has 0 saturated heterocycles. The second kappa shape index (κ2) is 7.26. The summed E-state index contributed by atoms with van der Waals surface area (Å²) in [4.78, 5) is 22.5. The van der Waals surface area contributed by atoms with E-state index >= 15 is 0 Å². The summed E-state index contributed by atoms with van der Waals surface area (Å²) < 4.78 is 4.52. The average Bonchev–Trinajstić information content (AvgIpc) is 2.17. The molecular formula is C11H21NO3. The molecule has 0 heterocycles. The van der Waals surface area contributed by atoms with E-state index in [0.29, 0.717) is 0 Å². The SMILES string of the molecule is CCCC(C)C(=O)NC(C)CC(=O)OC. The summed E-state index contributed by atoms with van der Waals surface area (Å²) in [5, 5.41) is 2.79. The van der Waals surface area contributed by atoms with Gasteiger partial charge in [-0.1, -0.05) is 20.3 Å². The van der Waals surface area contributed by atoms with E-state index in [9.17, 15) is 9.59 Å². The molecule has 0 aromatic rings. The second-order valence-electron chi connectivity index (χ2n) is 3.88. The topological polar surface area (TPSA) is 55.4 Å². The molecule has 0 rings (SSSR count). The largest absolute Gasteiger partial charge is 0.469 e. The number of ether oxygens (including phenoxy) is 1. The molecule has 0 spiro atoms. The molecule has 0 aliphatic heterocycles. The van der Waals surface area contributed by atoms with Crippen LogP contribution in [0.1, 0.15) is 40.0 Å². The number of rotatable bonds is 6. The van der Waals surface area contributed by atoms with E-state index < -0.39 is 0 Å². The van der Waals surface area contributed by atoms with Crippen molar-refractivity contribution in [2.45, 2.75) is 46.1 Å². The first-order chi connectivity index (χ1) is 7.01. The molecule has 1 amide bonds. The standard InChI is InChI=1S/C11H21NO3/c1-5-6-8(2)11(14)12-9(3)7-10(13)15-4/h8-9H,5-7H2,1-4H3,(H,12,14). The monoisotopic (exact) mass is 215 g/mol. The van der Waals surface area contributed by atoms with Crippen molar-refractivity contribution in [2.24, 2.45) is 5.92 Å². The highest BCUT2D eigenvalue weighted by atomic mass is 16.5. The lowest BCUT2D eigenvalue weighted by molar-refractivity contribution is -0.141. The molecule has 2 atom stereocenters. The molecule has 0 radical (unpaired) electrons. The van der Waals surface area contributed by atoms with Crippen LogP contribution in [0.25, 0.3) is 0 Å². The van der Waals surface area contributed by atoms with Crippen molar-refractivity contribution in [2.75, 3.05) is 7.11 Å². The molecule has 0 aromatic heterocycles. The zero-order chi connectivity index (χ0) is 11.8. The summed E-state index contributed by atoms with van der Waals surface area (Å²) >= 11 is 0. The number of carbonyl (C=O) groups is 2. The quantitative estimate of drug-likeness (QED) is 0.683. The van der Waals surface area contributed by atoms with Crippen LogP contribution >= 0.6 is 0 Å². The average molecular weight is 215 g/mol. The van der Waals surface area contributed by atoms with Gasteiger partial charge < -0.3 is 10.1 Å². The van der Waals surface area contributed by atoms with Crippen molar-refractivity contribution in [3.05, 3.63) is 0 Å². The van der Waals surface area contributed by atoms with Gasteiger partial charge in [0, 0.05) is 12.0 Å². The normalized spacial score (nSPS) is 14.1. The Morgan fingerprint density at radius 3 is 2.40 bits per heavy atom. The highest BCUT2D eigenvalue weighted by Gasteiger charge is 2.16. The summed E-state index contributed by atoms with van der Waals surface area (Å²) in [6.45, 7) is 5.73. The minimum absolute atomic E-state index is 0.00764.